The topological polar surface area (TPSA) is 55.8 Å². The molecule has 9 rings (SSSR count). The molecule has 0 fully saturated rings. The van der Waals surface area contributed by atoms with Crippen molar-refractivity contribution in [2.45, 2.75) is 18.4 Å². The monoisotopic (exact) mass is 626 g/mol. The van der Waals surface area contributed by atoms with Crippen LogP contribution in [0.4, 0.5) is 11.4 Å². The molecule has 0 radical (unpaired) electrons. The van der Waals surface area contributed by atoms with Gasteiger partial charge in [-0.3, -0.25) is 0 Å². The van der Waals surface area contributed by atoms with Crippen LogP contribution in [-0.2, 0) is 6.42 Å². The smallest absolute Gasteiger partial charge is 0.0998 e. The van der Waals surface area contributed by atoms with Crippen molar-refractivity contribution in [2.75, 3.05) is 4.90 Å². The normalized spacial score (nSPS) is 16.0. The first-order valence-electron chi connectivity index (χ1n) is 16.6. The zero-order valence-electron chi connectivity index (χ0n) is 26.7. The zero-order valence-corrected chi connectivity index (χ0v) is 26.7. The molecule has 0 N–H and O–H groups in total. The molecule has 0 saturated carbocycles. The predicted octanol–water partition coefficient (Wildman–Crippen LogP) is 10.8. The van der Waals surface area contributed by atoms with Gasteiger partial charge in [0.05, 0.1) is 46.9 Å². The molecular weight excluding hydrogens is 597 g/mol. The van der Waals surface area contributed by atoms with Gasteiger partial charge in [-0.15, -0.1) is 0 Å². The zero-order chi connectivity index (χ0) is 32.9. The standard InChI is InChI=1S/C45H30N4/c46-27-26-31-10-9-15-40-39-14-4-8-19-44(39)49(45(31)40)41-16-5-1-11-36(41)32-22-25-35(33(28-32)29-47)30-20-23-34(24-21-30)48-42-17-6-2-12-37(42)38-13-3-7-18-43(38)48/h1-25,28,37,42H,26H2. The molecule has 49 heavy (non-hydrogen) atoms. The van der Waals surface area contributed by atoms with Crippen LogP contribution in [0, 0.1) is 22.7 Å². The summed E-state index contributed by atoms with van der Waals surface area (Å²) < 4.78 is 2.28. The maximum Gasteiger partial charge on any atom is 0.0998 e. The van der Waals surface area contributed by atoms with Crippen LogP contribution < -0.4 is 4.90 Å². The van der Waals surface area contributed by atoms with E-state index in [4.69, 9.17) is 0 Å². The minimum absolute atomic E-state index is 0.243. The lowest BCUT2D eigenvalue weighted by atomic mass is 9.91. The number of aromatic nitrogens is 1. The number of hydrogen-bond acceptors (Lipinski definition) is 3. The van der Waals surface area contributed by atoms with Crippen LogP contribution in [0.15, 0.2) is 158 Å². The van der Waals surface area contributed by atoms with Crippen LogP contribution in [0.5, 0.6) is 0 Å². The number of allylic oxidation sites excluding steroid dienone is 2. The Morgan fingerprint density at radius 2 is 1.35 bits per heavy atom. The van der Waals surface area contributed by atoms with E-state index in [2.05, 4.69) is 149 Å². The van der Waals surface area contributed by atoms with E-state index in [1.807, 2.05) is 30.3 Å². The molecule has 2 atom stereocenters. The van der Waals surface area contributed by atoms with E-state index in [9.17, 15) is 10.5 Å². The lowest BCUT2D eigenvalue weighted by molar-refractivity contribution is 0.745. The maximum atomic E-state index is 10.4. The number of nitrogens with zero attached hydrogens (tertiary/aromatic N) is 4. The van der Waals surface area contributed by atoms with Gasteiger partial charge in [-0.1, -0.05) is 121 Å². The molecule has 2 heterocycles. The second-order valence-corrected chi connectivity index (χ2v) is 12.7. The summed E-state index contributed by atoms with van der Waals surface area (Å²) >= 11 is 0. The van der Waals surface area contributed by atoms with Gasteiger partial charge in [-0.2, -0.15) is 10.5 Å². The molecule has 0 saturated heterocycles. The average molecular weight is 627 g/mol. The molecule has 1 aliphatic heterocycles. The van der Waals surface area contributed by atoms with E-state index in [0.717, 1.165) is 61.0 Å². The number of nitriles is 2. The SMILES string of the molecule is N#CCc1cccc2c3ccccc3n(-c3ccccc3-c3ccc(-c4ccc(N5c6ccccc6C6C=CC=CC65)cc4)c(C#N)c3)c12. The summed E-state index contributed by atoms with van der Waals surface area (Å²) in [7, 11) is 0. The molecule has 230 valence electrons. The highest BCUT2D eigenvalue weighted by atomic mass is 15.2. The minimum atomic E-state index is 0.243. The molecule has 2 unspecified atom stereocenters. The Morgan fingerprint density at radius 1 is 0.612 bits per heavy atom. The fraction of sp³-hybridized carbons (Fsp3) is 0.0667. The number of para-hydroxylation sites is 4. The van der Waals surface area contributed by atoms with E-state index in [1.165, 1.54) is 11.3 Å². The molecule has 2 aliphatic rings. The number of rotatable bonds is 5. The summed E-state index contributed by atoms with van der Waals surface area (Å²) in [6.07, 6.45) is 9.18. The first-order valence-corrected chi connectivity index (χ1v) is 16.6. The largest absolute Gasteiger partial charge is 0.333 e. The quantitative estimate of drug-likeness (QED) is 0.191. The summed E-state index contributed by atoms with van der Waals surface area (Å²) in [5.41, 5.74) is 12.4. The third kappa shape index (κ3) is 4.50. The summed E-state index contributed by atoms with van der Waals surface area (Å²) in [6.45, 7) is 0. The molecule has 0 amide bonds. The Hall–Kier alpha value is -6.62. The van der Waals surface area contributed by atoms with Crippen molar-refractivity contribution in [3.05, 3.63) is 174 Å². The first kappa shape index (κ1) is 28.6. The van der Waals surface area contributed by atoms with Gasteiger partial charge in [-0.05, 0) is 64.2 Å². The minimum Gasteiger partial charge on any atom is -0.333 e. The number of benzene rings is 6. The Labute approximate surface area is 285 Å². The van der Waals surface area contributed by atoms with Crippen LogP contribution in [0.2, 0.25) is 0 Å². The van der Waals surface area contributed by atoms with Gasteiger partial charge in [0, 0.05) is 33.6 Å². The van der Waals surface area contributed by atoms with Gasteiger partial charge < -0.3 is 9.47 Å². The Morgan fingerprint density at radius 3 is 2.20 bits per heavy atom. The van der Waals surface area contributed by atoms with Crippen molar-refractivity contribution in [3.8, 4) is 40.1 Å². The van der Waals surface area contributed by atoms with Gasteiger partial charge in [0.2, 0.25) is 0 Å². The summed E-state index contributed by atoms with van der Waals surface area (Å²) in [4.78, 5) is 2.42. The third-order valence-electron chi connectivity index (χ3n) is 10.1. The predicted molar refractivity (Wildman–Crippen MR) is 199 cm³/mol. The molecule has 1 aliphatic carbocycles. The van der Waals surface area contributed by atoms with Gasteiger partial charge in [-0.25, -0.2) is 0 Å². The molecule has 4 heteroatoms. The van der Waals surface area contributed by atoms with Crippen LogP contribution in [-0.4, -0.2) is 10.6 Å². The third-order valence-corrected chi connectivity index (χ3v) is 10.1. The van der Waals surface area contributed by atoms with Crippen LogP contribution in [0.1, 0.15) is 22.6 Å². The molecule has 0 spiro atoms. The van der Waals surface area contributed by atoms with E-state index in [-0.39, 0.29) is 6.04 Å². The molecule has 0 bridgehead atoms. The van der Waals surface area contributed by atoms with Crippen molar-refractivity contribution in [2.24, 2.45) is 0 Å². The number of hydrogen-bond donors (Lipinski definition) is 0. The summed E-state index contributed by atoms with van der Waals surface area (Å²) in [5, 5.41) is 22.4. The Kier molecular flexibility index (Phi) is 6.75. The lowest BCUT2D eigenvalue weighted by Crippen LogP contribution is -2.28. The summed E-state index contributed by atoms with van der Waals surface area (Å²) in [5.74, 6) is 0.335. The van der Waals surface area contributed by atoms with Crippen LogP contribution >= 0.6 is 0 Å². The molecule has 1 aromatic heterocycles. The molecule has 4 nitrogen and oxygen atoms in total. The van der Waals surface area contributed by atoms with Crippen LogP contribution in [0.3, 0.4) is 0 Å². The van der Waals surface area contributed by atoms with Crippen molar-refractivity contribution in [1.29, 1.82) is 10.5 Å². The fourth-order valence-electron chi connectivity index (χ4n) is 7.93. The Bertz CT molecular complexity index is 2570. The van der Waals surface area contributed by atoms with Crippen molar-refractivity contribution in [3.63, 3.8) is 0 Å². The van der Waals surface area contributed by atoms with E-state index < -0.39 is 0 Å². The number of anilines is 2. The average Bonchev–Trinajstić information content (AvgIpc) is 3.68. The summed E-state index contributed by atoms with van der Waals surface area (Å²) in [6, 6.07) is 51.5. The van der Waals surface area contributed by atoms with Crippen molar-refractivity contribution < 1.29 is 0 Å². The Balaban J connectivity index is 1.12. The maximum absolute atomic E-state index is 10.4. The highest BCUT2D eigenvalue weighted by Crippen LogP contribution is 2.48. The molecule has 7 aromatic rings. The van der Waals surface area contributed by atoms with E-state index in [0.29, 0.717) is 17.9 Å². The van der Waals surface area contributed by atoms with Gasteiger partial charge >= 0.3 is 0 Å². The van der Waals surface area contributed by atoms with Crippen LogP contribution in [0.25, 0.3) is 49.7 Å². The van der Waals surface area contributed by atoms with Crippen molar-refractivity contribution >= 4 is 33.2 Å². The second kappa shape index (κ2) is 11.6. The van der Waals surface area contributed by atoms with Gasteiger partial charge in [0.15, 0.2) is 0 Å². The molecule has 6 aromatic carbocycles. The highest BCUT2D eigenvalue weighted by Gasteiger charge is 2.36. The lowest BCUT2D eigenvalue weighted by Gasteiger charge is -2.28. The van der Waals surface area contributed by atoms with Gasteiger partial charge in [0.25, 0.3) is 0 Å². The highest BCUT2D eigenvalue weighted by molar-refractivity contribution is 6.11. The number of fused-ring (bicyclic) bond motifs is 6. The first-order chi connectivity index (χ1) is 24.2. The van der Waals surface area contributed by atoms with Gasteiger partial charge in [0.1, 0.15) is 0 Å². The van der Waals surface area contributed by atoms with Crippen molar-refractivity contribution in [1.82, 2.24) is 4.57 Å². The molecular formula is C45H30N4. The van der Waals surface area contributed by atoms with E-state index in [1.54, 1.807) is 0 Å². The fourth-order valence-corrected chi connectivity index (χ4v) is 7.93. The van der Waals surface area contributed by atoms with E-state index >= 15 is 0 Å². The second-order valence-electron chi connectivity index (χ2n) is 12.7.